The SMILES string of the molecule is NC1CC2CCCC(C1)C2NC(=O)CSCC1CCCCO1. The summed E-state index contributed by atoms with van der Waals surface area (Å²) in [6.07, 6.45) is 9.92. The molecule has 2 bridgehead atoms. The van der Waals surface area contributed by atoms with Gasteiger partial charge < -0.3 is 15.8 Å². The molecule has 2 aliphatic carbocycles. The molecule has 3 fully saturated rings. The van der Waals surface area contributed by atoms with Crippen molar-refractivity contribution in [2.24, 2.45) is 17.6 Å². The maximum Gasteiger partial charge on any atom is 0.230 e. The van der Waals surface area contributed by atoms with Crippen LogP contribution in [0.3, 0.4) is 0 Å². The number of fused-ring (bicyclic) bond motifs is 2. The minimum absolute atomic E-state index is 0.207. The molecule has 1 saturated heterocycles. The van der Waals surface area contributed by atoms with Crippen LogP contribution in [0.4, 0.5) is 0 Å². The normalized spacial score (nSPS) is 38.5. The van der Waals surface area contributed by atoms with E-state index in [-0.39, 0.29) is 5.91 Å². The largest absolute Gasteiger partial charge is 0.377 e. The van der Waals surface area contributed by atoms with Gasteiger partial charge >= 0.3 is 0 Å². The molecule has 0 spiro atoms. The molecule has 0 radical (unpaired) electrons. The van der Waals surface area contributed by atoms with E-state index in [4.69, 9.17) is 10.5 Å². The maximum absolute atomic E-state index is 12.3. The zero-order valence-electron chi connectivity index (χ0n) is 13.5. The first-order valence-electron chi connectivity index (χ1n) is 8.96. The van der Waals surface area contributed by atoms with Crippen LogP contribution in [0.15, 0.2) is 0 Å². The number of rotatable bonds is 5. The molecule has 1 aliphatic heterocycles. The molecule has 3 rings (SSSR count). The van der Waals surface area contributed by atoms with Gasteiger partial charge in [0.15, 0.2) is 0 Å². The van der Waals surface area contributed by atoms with Gasteiger partial charge in [0.1, 0.15) is 0 Å². The summed E-state index contributed by atoms with van der Waals surface area (Å²) < 4.78 is 5.72. The van der Waals surface area contributed by atoms with Crippen LogP contribution in [0.2, 0.25) is 0 Å². The third kappa shape index (κ3) is 4.39. The highest BCUT2D eigenvalue weighted by atomic mass is 32.2. The van der Waals surface area contributed by atoms with Gasteiger partial charge in [0, 0.05) is 24.4 Å². The van der Waals surface area contributed by atoms with Crippen LogP contribution in [0.1, 0.15) is 51.4 Å². The Morgan fingerprint density at radius 1 is 1.14 bits per heavy atom. The van der Waals surface area contributed by atoms with Crippen LogP contribution in [0.5, 0.6) is 0 Å². The van der Waals surface area contributed by atoms with Crippen molar-refractivity contribution in [3.05, 3.63) is 0 Å². The monoisotopic (exact) mass is 326 g/mol. The molecule has 5 heteroatoms. The number of ether oxygens (including phenoxy) is 1. The Labute approximate surface area is 138 Å². The molecule has 2 saturated carbocycles. The molecule has 1 heterocycles. The Morgan fingerprint density at radius 3 is 2.59 bits per heavy atom. The second-order valence-electron chi connectivity index (χ2n) is 7.28. The Kier molecular flexibility index (Phi) is 6.05. The fourth-order valence-corrected chi connectivity index (χ4v) is 5.39. The number of hydrogen-bond acceptors (Lipinski definition) is 4. The van der Waals surface area contributed by atoms with Crippen LogP contribution in [-0.4, -0.2) is 42.2 Å². The number of nitrogens with one attached hydrogen (secondary N) is 1. The number of thioether (sulfide) groups is 1. The predicted octanol–water partition coefficient (Wildman–Crippen LogP) is 2.31. The van der Waals surface area contributed by atoms with Gasteiger partial charge in [-0.05, 0) is 56.8 Å². The maximum atomic E-state index is 12.3. The lowest BCUT2D eigenvalue weighted by Gasteiger charge is -2.45. The Balaban J connectivity index is 1.39. The molecule has 3 aliphatic rings. The quantitative estimate of drug-likeness (QED) is 0.814. The smallest absolute Gasteiger partial charge is 0.230 e. The van der Waals surface area contributed by atoms with E-state index in [9.17, 15) is 4.79 Å². The average molecular weight is 327 g/mol. The number of amides is 1. The molecule has 3 N–H and O–H groups in total. The first kappa shape index (κ1) is 16.6. The number of nitrogens with two attached hydrogens (primary N) is 1. The van der Waals surface area contributed by atoms with E-state index in [2.05, 4.69) is 5.32 Å². The lowest BCUT2D eigenvalue weighted by atomic mass is 9.67. The molecule has 126 valence electrons. The average Bonchev–Trinajstić information content (AvgIpc) is 2.49. The van der Waals surface area contributed by atoms with Gasteiger partial charge in [-0.25, -0.2) is 0 Å². The number of carbonyl (C=O) groups excluding carboxylic acids is 1. The standard InChI is InChI=1S/C17H30N2O2S/c18-14-8-12-4-3-5-13(9-14)17(12)19-16(20)11-22-10-15-6-1-2-7-21-15/h12-15,17H,1-11,18H2,(H,19,20). The second-order valence-corrected chi connectivity index (χ2v) is 8.31. The summed E-state index contributed by atoms with van der Waals surface area (Å²) in [6.45, 7) is 0.892. The first-order chi connectivity index (χ1) is 10.7. The molecule has 1 amide bonds. The summed E-state index contributed by atoms with van der Waals surface area (Å²) in [5.74, 6) is 2.95. The highest BCUT2D eigenvalue weighted by molar-refractivity contribution is 7.99. The van der Waals surface area contributed by atoms with Gasteiger partial charge in [0.2, 0.25) is 5.91 Å². The summed E-state index contributed by atoms with van der Waals surface area (Å²) in [7, 11) is 0. The Hall–Kier alpha value is -0.260. The van der Waals surface area contributed by atoms with E-state index in [1.807, 2.05) is 0 Å². The van der Waals surface area contributed by atoms with Crippen molar-refractivity contribution in [2.45, 2.75) is 69.6 Å². The highest BCUT2D eigenvalue weighted by Crippen LogP contribution is 2.39. The molecular weight excluding hydrogens is 296 g/mol. The van der Waals surface area contributed by atoms with Crippen molar-refractivity contribution >= 4 is 17.7 Å². The molecule has 0 aromatic heterocycles. The summed E-state index contributed by atoms with van der Waals surface area (Å²) in [4.78, 5) is 12.3. The highest BCUT2D eigenvalue weighted by Gasteiger charge is 2.39. The predicted molar refractivity (Wildman–Crippen MR) is 90.9 cm³/mol. The minimum atomic E-state index is 0.207. The lowest BCUT2D eigenvalue weighted by Crippen LogP contribution is -2.54. The second kappa shape index (κ2) is 8.02. The number of hydrogen-bond donors (Lipinski definition) is 2. The van der Waals surface area contributed by atoms with Gasteiger partial charge in [-0.2, -0.15) is 0 Å². The summed E-state index contributed by atoms with van der Waals surface area (Å²) in [5.41, 5.74) is 6.15. The van der Waals surface area contributed by atoms with Crippen molar-refractivity contribution in [3.8, 4) is 0 Å². The van der Waals surface area contributed by atoms with Crippen LogP contribution >= 0.6 is 11.8 Å². The summed E-state index contributed by atoms with van der Waals surface area (Å²) >= 11 is 1.72. The lowest BCUT2D eigenvalue weighted by molar-refractivity contribution is -0.120. The van der Waals surface area contributed by atoms with Crippen LogP contribution in [0.25, 0.3) is 0 Å². The molecule has 0 aromatic rings. The molecular formula is C17H30N2O2S. The van der Waals surface area contributed by atoms with Crippen LogP contribution in [-0.2, 0) is 9.53 Å². The van der Waals surface area contributed by atoms with Gasteiger partial charge in [-0.1, -0.05) is 6.42 Å². The zero-order chi connectivity index (χ0) is 15.4. The van der Waals surface area contributed by atoms with Crippen LogP contribution in [0, 0.1) is 11.8 Å². The van der Waals surface area contributed by atoms with E-state index in [1.54, 1.807) is 11.8 Å². The van der Waals surface area contributed by atoms with E-state index >= 15 is 0 Å². The van der Waals surface area contributed by atoms with E-state index in [1.165, 1.54) is 32.1 Å². The molecule has 0 aromatic carbocycles. The third-order valence-electron chi connectivity index (χ3n) is 5.52. The zero-order valence-corrected chi connectivity index (χ0v) is 14.3. The van der Waals surface area contributed by atoms with Crippen molar-refractivity contribution in [1.82, 2.24) is 5.32 Å². The van der Waals surface area contributed by atoms with Gasteiger partial charge in [0.05, 0.1) is 11.9 Å². The fraction of sp³-hybridized carbons (Fsp3) is 0.941. The number of carbonyl (C=O) groups is 1. The van der Waals surface area contributed by atoms with Gasteiger partial charge in [0.25, 0.3) is 0 Å². The van der Waals surface area contributed by atoms with Crippen molar-refractivity contribution in [2.75, 3.05) is 18.1 Å². The molecule has 4 nitrogen and oxygen atoms in total. The molecule has 3 unspecified atom stereocenters. The molecule has 3 atom stereocenters. The molecule has 22 heavy (non-hydrogen) atoms. The van der Waals surface area contributed by atoms with Crippen molar-refractivity contribution in [3.63, 3.8) is 0 Å². The third-order valence-corrected chi connectivity index (χ3v) is 6.59. The van der Waals surface area contributed by atoms with Crippen molar-refractivity contribution < 1.29 is 9.53 Å². The van der Waals surface area contributed by atoms with E-state index in [0.29, 0.717) is 35.8 Å². The Bertz CT molecular complexity index is 360. The summed E-state index contributed by atoms with van der Waals surface area (Å²) in [5, 5.41) is 3.32. The minimum Gasteiger partial charge on any atom is -0.377 e. The van der Waals surface area contributed by atoms with Crippen LogP contribution < -0.4 is 11.1 Å². The fourth-order valence-electron chi connectivity index (χ4n) is 4.47. The first-order valence-corrected chi connectivity index (χ1v) is 10.1. The van der Waals surface area contributed by atoms with Gasteiger partial charge in [-0.15, -0.1) is 11.8 Å². The van der Waals surface area contributed by atoms with Gasteiger partial charge in [-0.3, -0.25) is 4.79 Å². The van der Waals surface area contributed by atoms with E-state index < -0.39 is 0 Å². The topological polar surface area (TPSA) is 64.3 Å². The Morgan fingerprint density at radius 2 is 1.91 bits per heavy atom. The summed E-state index contributed by atoms with van der Waals surface area (Å²) in [6, 6.07) is 0.730. The van der Waals surface area contributed by atoms with Crippen molar-refractivity contribution in [1.29, 1.82) is 0 Å². The van der Waals surface area contributed by atoms with E-state index in [0.717, 1.165) is 31.6 Å².